The predicted molar refractivity (Wildman–Crippen MR) is 156 cm³/mol. The summed E-state index contributed by atoms with van der Waals surface area (Å²) in [5.41, 5.74) is 4.38. The number of aryl methyl sites for hydroxylation is 1. The maximum atomic E-state index is 13.3. The van der Waals surface area contributed by atoms with E-state index in [1.807, 2.05) is 79.7 Å². The van der Waals surface area contributed by atoms with Gasteiger partial charge in [-0.2, -0.15) is 0 Å². The minimum absolute atomic E-state index is 0. The van der Waals surface area contributed by atoms with Gasteiger partial charge in [0.15, 0.2) is 0 Å². The molecule has 0 fully saturated rings. The molecule has 4 rings (SSSR count). The summed E-state index contributed by atoms with van der Waals surface area (Å²) in [6.45, 7) is 1.95. The molecule has 41 heavy (non-hydrogen) atoms. The second kappa shape index (κ2) is 15.2. The molecule has 1 amide bonds. The summed E-state index contributed by atoms with van der Waals surface area (Å²) < 4.78 is 17.5. The Kier molecular flexibility index (Phi) is 11.7. The Hall–Kier alpha value is -3.96. The summed E-state index contributed by atoms with van der Waals surface area (Å²) >= 11 is 0. The Balaban J connectivity index is 0.00000462. The summed E-state index contributed by atoms with van der Waals surface area (Å²) in [5, 5.41) is 14.2. The normalized spacial score (nSPS) is 12.2. The third-order valence-corrected chi connectivity index (χ3v) is 7.05. The molecule has 0 aliphatic heterocycles. The number of pyridine rings is 1. The van der Waals surface area contributed by atoms with Crippen LogP contribution in [0.2, 0.25) is 0 Å². The van der Waals surface area contributed by atoms with Gasteiger partial charge in [0, 0.05) is 46.3 Å². The molecule has 7 nitrogen and oxygen atoms in total. The Morgan fingerprint density at radius 3 is 2.44 bits per heavy atom. The van der Waals surface area contributed by atoms with E-state index < -0.39 is 28.7 Å². The fraction of sp³-hybridized carbons (Fsp3) is 0.156. The van der Waals surface area contributed by atoms with Crippen LogP contribution in [0.15, 0.2) is 91.3 Å². The minimum Gasteiger partial charge on any atom is -0.548 e. The van der Waals surface area contributed by atoms with Gasteiger partial charge in [0.1, 0.15) is 11.5 Å². The summed E-state index contributed by atoms with van der Waals surface area (Å²) in [4.78, 5) is 29.2. The van der Waals surface area contributed by atoms with Crippen molar-refractivity contribution in [3.63, 3.8) is 0 Å². The number of carboxylic acids is 1. The summed E-state index contributed by atoms with van der Waals surface area (Å²) in [6, 6.07) is 23.0. The van der Waals surface area contributed by atoms with Gasteiger partial charge < -0.3 is 20.0 Å². The van der Waals surface area contributed by atoms with E-state index in [0.29, 0.717) is 22.6 Å². The molecule has 0 saturated carbocycles. The molecule has 1 N–H and O–H groups in total. The van der Waals surface area contributed by atoms with Crippen molar-refractivity contribution in [2.45, 2.75) is 19.4 Å². The zero-order valence-electron chi connectivity index (χ0n) is 23.2. The molecule has 3 aromatic carbocycles. The first-order chi connectivity index (χ1) is 19.3. The van der Waals surface area contributed by atoms with Crippen molar-refractivity contribution >= 4 is 34.8 Å². The van der Waals surface area contributed by atoms with E-state index >= 15 is 0 Å². The third kappa shape index (κ3) is 8.76. The van der Waals surface area contributed by atoms with Crippen LogP contribution in [0.1, 0.15) is 33.5 Å². The number of carbonyl (C=O) groups is 2. The van der Waals surface area contributed by atoms with Crippen LogP contribution in [-0.4, -0.2) is 39.1 Å². The van der Waals surface area contributed by atoms with Crippen LogP contribution < -0.4 is 34.0 Å². The van der Waals surface area contributed by atoms with E-state index in [4.69, 9.17) is 4.74 Å². The number of hydrogen-bond donors (Lipinski definition) is 1. The molecule has 0 radical (unpaired) electrons. The number of para-hydroxylation sites is 1. The average molecular weight is 561 g/mol. The van der Waals surface area contributed by atoms with Gasteiger partial charge in [0.05, 0.1) is 12.0 Å². The molecule has 1 aromatic heterocycles. The molecule has 1 heterocycles. The molecule has 0 aliphatic rings. The van der Waals surface area contributed by atoms with Crippen molar-refractivity contribution in [1.29, 1.82) is 0 Å². The van der Waals surface area contributed by atoms with E-state index in [9.17, 15) is 18.9 Å². The smallest absolute Gasteiger partial charge is 0.548 e. The van der Waals surface area contributed by atoms with Gasteiger partial charge in [-0.05, 0) is 72.0 Å². The fourth-order valence-electron chi connectivity index (χ4n) is 4.14. The third-order valence-electron chi connectivity index (χ3n) is 6.24. The van der Waals surface area contributed by atoms with Gasteiger partial charge in [-0.3, -0.25) is 14.0 Å². The molecule has 204 valence electrons. The van der Waals surface area contributed by atoms with Crippen LogP contribution in [0.4, 0.5) is 0 Å². The topological polar surface area (TPSA) is 108 Å². The van der Waals surface area contributed by atoms with E-state index in [1.54, 1.807) is 30.6 Å². The van der Waals surface area contributed by atoms with Crippen LogP contribution in [0, 0.1) is 6.92 Å². The Bertz CT molecular complexity index is 1560. The molecular formula is C32H29LiN2O5S. The van der Waals surface area contributed by atoms with Crippen molar-refractivity contribution in [1.82, 2.24) is 10.3 Å². The van der Waals surface area contributed by atoms with Crippen LogP contribution in [0.25, 0.3) is 23.3 Å². The molecule has 0 bridgehead atoms. The van der Waals surface area contributed by atoms with Gasteiger partial charge in [0.25, 0.3) is 5.91 Å². The first kappa shape index (κ1) is 31.6. The molecule has 2 atom stereocenters. The number of hydrogen-bond acceptors (Lipinski definition) is 6. The molecule has 4 aromatic rings. The number of nitrogens with one attached hydrogen (secondary N) is 1. The molecular weight excluding hydrogens is 531 g/mol. The maximum Gasteiger partial charge on any atom is 1.00 e. The number of rotatable bonds is 11. The second-order valence-corrected chi connectivity index (χ2v) is 10.7. The van der Waals surface area contributed by atoms with Crippen molar-refractivity contribution in [3.8, 4) is 22.6 Å². The quantitative estimate of drug-likeness (QED) is 0.280. The summed E-state index contributed by atoms with van der Waals surface area (Å²) in [7, 11) is -1.20. The monoisotopic (exact) mass is 560 g/mol. The SMILES string of the molecule is Cc1ccccc1-c1cc(/C=C/c2cnccc2Oc2ccccc2)ccc1C(=O)N[C@@H](CCS(C)=O)C(=O)[O-].[Li+]. The number of carboxylic acid groups (broad SMARTS) is 1. The number of ether oxygens (including phenoxy) is 1. The number of amides is 1. The van der Waals surface area contributed by atoms with Crippen molar-refractivity contribution in [2.24, 2.45) is 0 Å². The minimum atomic E-state index is -1.42. The number of aliphatic carboxylic acids is 1. The van der Waals surface area contributed by atoms with Crippen molar-refractivity contribution < 1.29 is 42.5 Å². The van der Waals surface area contributed by atoms with Gasteiger partial charge in [-0.1, -0.05) is 54.6 Å². The number of aromatic nitrogens is 1. The van der Waals surface area contributed by atoms with Crippen molar-refractivity contribution in [2.75, 3.05) is 12.0 Å². The van der Waals surface area contributed by atoms with Crippen LogP contribution in [-0.2, 0) is 15.6 Å². The summed E-state index contributed by atoms with van der Waals surface area (Å²) in [5.74, 6) is -0.469. The van der Waals surface area contributed by atoms with E-state index in [2.05, 4.69) is 10.3 Å². The van der Waals surface area contributed by atoms with E-state index in [0.717, 1.165) is 22.3 Å². The zero-order valence-corrected chi connectivity index (χ0v) is 24.0. The van der Waals surface area contributed by atoms with Crippen molar-refractivity contribution in [3.05, 3.63) is 114 Å². The molecule has 0 aliphatic carbocycles. The Morgan fingerprint density at radius 2 is 1.73 bits per heavy atom. The van der Waals surface area contributed by atoms with Crippen LogP contribution in [0.5, 0.6) is 11.5 Å². The van der Waals surface area contributed by atoms with Gasteiger partial charge in [-0.25, -0.2) is 0 Å². The maximum absolute atomic E-state index is 13.3. The predicted octanol–water partition coefficient (Wildman–Crippen LogP) is 1.64. The van der Waals surface area contributed by atoms with Crippen LogP contribution >= 0.6 is 0 Å². The largest absolute Gasteiger partial charge is 1.00 e. The first-order valence-corrected chi connectivity index (χ1v) is 14.4. The van der Waals surface area contributed by atoms with Crippen LogP contribution in [0.3, 0.4) is 0 Å². The zero-order chi connectivity index (χ0) is 28.5. The number of nitrogens with zero attached hydrogens (tertiary/aromatic N) is 1. The number of carbonyl (C=O) groups excluding carboxylic acids is 2. The standard InChI is InChI=1S/C32H30N2O5S.Li/c1-22-8-6-7-11-26(22)28-20-23(13-15-27(28)31(35)34-29(32(36)37)17-19-40(2)38)12-14-24-21-33-18-16-30(24)39-25-9-4-3-5-10-25;/h3-16,18,20-21,29H,17,19H2,1-2H3,(H,34,35)(H,36,37);/q;+1/p-1/b14-12+;/t29-,40?;/m0./s1. The van der Waals surface area contributed by atoms with Gasteiger partial charge >= 0.3 is 18.9 Å². The molecule has 0 saturated heterocycles. The number of benzene rings is 3. The second-order valence-electron chi connectivity index (χ2n) is 9.19. The van der Waals surface area contributed by atoms with E-state index in [1.165, 1.54) is 6.26 Å². The Morgan fingerprint density at radius 1 is 1.00 bits per heavy atom. The average Bonchev–Trinajstić information content (AvgIpc) is 2.95. The van der Waals surface area contributed by atoms with Gasteiger partial charge in [0.2, 0.25) is 0 Å². The molecule has 9 heteroatoms. The Labute approximate surface area is 254 Å². The molecule has 1 unspecified atom stereocenters. The summed E-state index contributed by atoms with van der Waals surface area (Å²) in [6.07, 6.45) is 8.66. The molecule has 0 spiro atoms. The fourth-order valence-corrected chi connectivity index (χ4v) is 4.71. The van der Waals surface area contributed by atoms with E-state index in [-0.39, 0.29) is 31.0 Å². The van der Waals surface area contributed by atoms with Gasteiger partial charge in [-0.15, -0.1) is 0 Å². The first-order valence-electron chi connectivity index (χ1n) is 12.7.